The summed E-state index contributed by atoms with van der Waals surface area (Å²) in [5.74, 6) is 0.262. The molecule has 0 fully saturated rings. The van der Waals surface area contributed by atoms with Crippen LogP contribution in [0.25, 0.3) is 0 Å². The number of aromatic nitrogens is 2. The molecule has 0 saturated carbocycles. The van der Waals surface area contributed by atoms with Crippen LogP contribution in [0.1, 0.15) is 31.1 Å². The normalized spacial score (nSPS) is 12.4. The Balaban J connectivity index is 2.14. The molecule has 2 rings (SSSR count). The number of benzene rings is 1. The van der Waals surface area contributed by atoms with Gasteiger partial charge in [-0.1, -0.05) is 13.0 Å². The smallest absolute Gasteiger partial charge is 0.132 e. The van der Waals surface area contributed by atoms with E-state index in [2.05, 4.69) is 10.4 Å². The summed E-state index contributed by atoms with van der Waals surface area (Å²) in [4.78, 5) is 0. The van der Waals surface area contributed by atoms with E-state index in [4.69, 9.17) is 4.74 Å². The number of rotatable bonds is 6. The van der Waals surface area contributed by atoms with Gasteiger partial charge in [0.05, 0.1) is 5.69 Å². The Morgan fingerprint density at radius 2 is 2.20 bits per heavy atom. The van der Waals surface area contributed by atoms with Gasteiger partial charge in [-0.3, -0.25) is 4.68 Å². The molecule has 5 heteroatoms. The van der Waals surface area contributed by atoms with Crippen LogP contribution in [0.2, 0.25) is 0 Å². The molecule has 4 nitrogen and oxygen atoms in total. The number of nitrogens with zero attached hydrogens (tertiary/aromatic N) is 2. The largest absolute Gasteiger partial charge is 0.487 e. The van der Waals surface area contributed by atoms with Crippen molar-refractivity contribution in [2.75, 3.05) is 6.54 Å². The molecule has 0 spiro atoms. The Kier molecular flexibility index (Phi) is 4.74. The fourth-order valence-electron chi connectivity index (χ4n) is 2.10. The van der Waals surface area contributed by atoms with Gasteiger partial charge in [0, 0.05) is 30.9 Å². The molecule has 20 heavy (non-hydrogen) atoms. The van der Waals surface area contributed by atoms with E-state index in [-0.39, 0.29) is 11.9 Å². The number of nitrogens with one attached hydrogen (secondary N) is 1. The predicted molar refractivity (Wildman–Crippen MR) is 76.0 cm³/mol. The van der Waals surface area contributed by atoms with E-state index in [9.17, 15) is 4.39 Å². The molecule has 1 aromatic heterocycles. The summed E-state index contributed by atoms with van der Waals surface area (Å²) in [6.07, 6.45) is 1.85. The predicted octanol–water partition coefficient (Wildman–Crippen LogP) is 2.81. The van der Waals surface area contributed by atoms with E-state index in [0.717, 1.165) is 17.8 Å². The van der Waals surface area contributed by atoms with Crippen molar-refractivity contribution >= 4 is 0 Å². The van der Waals surface area contributed by atoms with Crippen LogP contribution in [0.4, 0.5) is 4.39 Å². The van der Waals surface area contributed by atoms with E-state index < -0.39 is 0 Å². The highest BCUT2D eigenvalue weighted by atomic mass is 19.1. The van der Waals surface area contributed by atoms with Crippen molar-refractivity contribution in [1.82, 2.24) is 15.1 Å². The van der Waals surface area contributed by atoms with Crippen LogP contribution in [-0.2, 0) is 13.7 Å². The highest BCUT2D eigenvalue weighted by molar-refractivity contribution is 5.36. The minimum absolute atomic E-state index is 0.110. The second-order valence-corrected chi connectivity index (χ2v) is 4.73. The lowest BCUT2D eigenvalue weighted by molar-refractivity contribution is 0.292. The summed E-state index contributed by atoms with van der Waals surface area (Å²) < 4.78 is 20.8. The third-order valence-electron chi connectivity index (χ3n) is 3.10. The van der Waals surface area contributed by atoms with Gasteiger partial charge in [-0.15, -0.1) is 0 Å². The first-order valence-corrected chi connectivity index (χ1v) is 6.74. The molecule has 0 aliphatic heterocycles. The van der Waals surface area contributed by atoms with Gasteiger partial charge in [-0.05, 0) is 25.6 Å². The van der Waals surface area contributed by atoms with Crippen LogP contribution in [0.5, 0.6) is 5.75 Å². The van der Waals surface area contributed by atoms with E-state index in [1.807, 2.05) is 33.2 Å². The van der Waals surface area contributed by atoms with Crippen molar-refractivity contribution in [3.63, 3.8) is 0 Å². The van der Waals surface area contributed by atoms with Gasteiger partial charge in [-0.2, -0.15) is 5.10 Å². The third-order valence-corrected chi connectivity index (χ3v) is 3.10. The van der Waals surface area contributed by atoms with E-state index in [0.29, 0.717) is 12.4 Å². The Morgan fingerprint density at radius 1 is 1.40 bits per heavy atom. The average Bonchev–Trinajstić information content (AvgIpc) is 2.82. The Hall–Kier alpha value is -1.88. The molecule has 0 radical (unpaired) electrons. The summed E-state index contributed by atoms with van der Waals surface area (Å²) in [5.41, 5.74) is 1.77. The zero-order chi connectivity index (χ0) is 14.5. The number of aryl methyl sites for hydroxylation is 1. The van der Waals surface area contributed by atoms with Crippen molar-refractivity contribution in [2.24, 2.45) is 7.05 Å². The van der Waals surface area contributed by atoms with Crippen LogP contribution >= 0.6 is 0 Å². The van der Waals surface area contributed by atoms with E-state index in [1.165, 1.54) is 12.1 Å². The molecule has 0 saturated heterocycles. The highest BCUT2D eigenvalue weighted by Crippen LogP contribution is 2.26. The maximum Gasteiger partial charge on any atom is 0.132 e. The first-order valence-electron chi connectivity index (χ1n) is 6.74. The molecule has 2 aromatic rings. The molecule has 0 bridgehead atoms. The SMILES string of the molecule is CCNC(C)c1ccc(F)cc1OCc1ccn(C)n1. The molecule has 1 unspecified atom stereocenters. The zero-order valence-electron chi connectivity index (χ0n) is 12.1. The van der Waals surface area contributed by atoms with E-state index >= 15 is 0 Å². The molecule has 1 heterocycles. The topological polar surface area (TPSA) is 39.1 Å². The summed E-state index contributed by atoms with van der Waals surface area (Å²) in [6, 6.07) is 6.63. The Morgan fingerprint density at radius 3 is 2.85 bits per heavy atom. The van der Waals surface area contributed by atoms with Crippen molar-refractivity contribution in [3.05, 3.63) is 47.5 Å². The molecule has 1 aromatic carbocycles. The van der Waals surface area contributed by atoms with Crippen molar-refractivity contribution < 1.29 is 9.13 Å². The molecule has 0 amide bonds. The van der Waals surface area contributed by atoms with Gasteiger partial charge in [0.25, 0.3) is 0 Å². The molecule has 0 aliphatic rings. The maximum atomic E-state index is 13.4. The molecule has 1 N–H and O–H groups in total. The summed E-state index contributed by atoms with van der Waals surface area (Å²) in [5, 5.41) is 7.54. The minimum atomic E-state index is -0.298. The van der Waals surface area contributed by atoms with Crippen LogP contribution in [0.15, 0.2) is 30.5 Å². The van der Waals surface area contributed by atoms with Crippen LogP contribution in [0, 0.1) is 5.82 Å². The molecule has 1 atom stereocenters. The lowest BCUT2D eigenvalue weighted by Gasteiger charge is -2.17. The number of ether oxygens (including phenoxy) is 1. The fourth-order valence-corrected chi connectivity index (χ4v) is 2.10. The Labute approximate surface area is 118 Å². The highest BCUT2D eigenvalue weighted by Gasteiger charge is 2.12. The first kappa shape index (κ1) is 14.5. The summed E-state index contributed by atoms with van der Waals surface area (Å²) >= 11 is 0. The van der Waals surface area contributed by atoms with Gasteiger partial charge in [-0.25, -0.2) is 4.39 Å². The average molecular weight is 277 g/mol. The molecule has 108 valence electrons. The number of hydrogen-bond acceptors (Lipinski definition) is 3. The van der Waals surface area contributed by atoms with Crippen molar-refractivity contribution in [2.45, 2.75) is 26.5 Å². The monoisotopic (exact) mass is 277 g/mol. The Bertz CT molecular complexity index is 568. The van der Waals surface area contributed by atoms with Gasteiger partial charge in [0.15, 0.2) is 0 Å². The maximum absolute atomic E-state index is 13.4. The molecular formula is C15H20FN3O. The van der Waals surface area contributed by atoms with Crippen LogP contribution in [0.3, 0.4) is 0 Å². The van der Waals surface area contributed by atoms with Crippen LogP contribution in [-0.4, -0.2) is 16.3 Å². The van der Waals surface area contributed by atoms with Gasteiger partial charge >= 0.3 is 0 Å². The fraction of sp³-hybridized carbons (Fsp3) is 0.400. The standard InChI is InChI=1S/C15H20FN3O/c1-4-17-11(2)14-6-5-12(16)9-15(14)20-10-13-7-8-19(3)18-13/h5-9,11,17H,4,10H2,1-3H3. The number of halogens is 1. The lowest BCUT2D eigenvalue weighted by Crippen LogP contribution is -2.18. The first-order chi connectivity index (χ1) is 9.60. The van der Waals surface area contributed by atoms with Crippen LogP contribution < -0.4 is 10.1 Å². The quantitative estimate of drug-likeness (QED) is 0.882. The van der Waals surface area contributed by atoms with Gasteiger partial charge in [0.1, 0.15) is 18.2 Å². The van der Waals surface area contributed by atoms with Crippen molar-refractivity contribution in [1.29, 1.82) is 0 Å². The second kappa shape index (κ2) is 6.52. The lowest BCUT2D eigenvalue weighted by atomic mass is 10.1. The summed E-state index contributed by atoms with van der Waals surface area (Å²) in [7, 11) is 1.85. The summed E-state index contributed by atoms with van der Waals surface area (Å²) in [6.45, 7) is 5.24. The third kappa shape index (κ3) is 3.57. The van der Waals surface area contributed by atoms with Gasteiger partial charge < -0.3 is 10.1 Å². The minimum Gasteiger partial charge on any atom is -0.487 e. The number of hydrogen-bond donors (Lipinski definition) is 1. The van der Waals surface area contributed by atoms with Gasteiger partial charge in [0.2, 0.25) is 0 Å². The van der Waals surface area contributed by atoms with Crippen molar-refractivity contribution in [3.8, 4) is 5.75 Å². The zero-order valence-corrected chi connectivity index (χ0v) is 12.1. The molecular weight excluding hydrogens is 257 g/mol. The van der Waals surface area contributed by atoms with E-state index in [1.54, 1.807) is 10.7 Å². The second-order valence-electron chi connectivity index (χ2n) is 4.73. The molecule has 0 aliphatic carbocycles.